The van der Waals surface area contributed by atoms with Crippen LogP contribution in [0.4, 0.5) is 17.1 Å². The molecule has 0 amide bonds. The van der Waals surface area contributed by atoms with E-state index in [0.717, 1.165) is 0 Å². The van der Waals surface area contributed by atoms with Crippen molar-refractivity contribution >= 4 is 46.3 Å². The third-order valence-corrected chi connectivity index (χ3v) is 3.63. The number of esters is 2. The number of benzene rings is 2. The molecule has 27 heavy (non-hydrogen) atoms. The number of carbonyl (C=O) groups is 2. The predicted molar refractivity (Wildman–Crippen MR) is 102 cm³/mol. The molecule has 9 nitrogen and oxygen atoms in total. The number of hydrogen-bond donors (Lipinski definition) is 2. The van der Waals surface area contributed by atoms with E-state index in [1.165, 1.54) is 56.7 Å². The van der Waals surface area contributed by atoms with E-state index >= 15 is 0 Å². The van der Waals surface area contributed by atoms with Crippen LogP contribution in [0.5, 0.6) is 0 Å². The van der Waals surface area contributed by atoms with E-state index in [1.54, 1.807) is 0 Å². The third kappa shape index (κ3) is 4.98. The molecule has 2 aromatic carbocycles. The average molecular weight is 389 g/mol. The van der Waals surface area contributed by atoms with Crippen molar-refractivity contribution in [1.29, 1.82) is 0 Å². The van der Waals surface area contributed by atoms with Gasteiger partial charge >= 0.3 is 11.9 Å². The van der Waals surface area contributed by atoms with Gasteiger partial charge in [0.15, 0.2) is 5.11 Å². The van der Waals surface area contributed by atoms with Crippen LogP contribution in [0.1, 0.15) is 20.7 Å². The number of hydrogen-bond acceptors (Lipinski definition) is 7. The van der Waals surface area contributed by atoms with Crippen molar-refractivity contribution in [2.24, 2.45) is 0 Å². The van der Waals surface area contributed by atoms with Crippen LogP contribution in [0.3, 0.4) is 0 Å². The molecule has 0 atom stereocenters. The van der Waals surface area contributed by atoms with Crippen LogP contribution in [0.25, 0.3) is 0 Å². The molecule has 0 radical (unpaired) electrons. The van der Waals surface area contributed by atoms with Gasteiger partial charge in [-0.15, -0.1) is 0 Å². The van der Waals surface area contributed by atoms with E-state index in [4.69, 9.17) is 17.0 Å². The van der Waals surface area contributed by atoms with E-state index in [0.29, 0.717) is 5.69 Å². The van der Waals surface area contributed by atoms with Crippen LogP contribution in [-0.4, -0.2) is 36.2 Å². The summed E-state index contributed by atoms with van der Waals surface area (Å²) in [5, 5.41) is 16.4. The molecular weight excluding hydrogens is 374 g/mol. The Morgan fingerprint density at radius 2 is 1.63 bits per heavy atom. The lowest BCUT2D eigenvalue weighted by Crippen LogP contribution is -2.21. The number of rotatable bonds is 5. The van der Waals surface area contributed by atoms with Crippen LogP contribution in [0.15, 0.2) is 42.5 Å². The number of methoxy groups -OCH3 is 2. The van der Waals surface area contributed by atoms with Crippen molar-refractivity contribution in [3.63, 3.8) is 0 Å². The highest BCUT2D eigenvalue weighted by atomic mass is 32.1. The van der Waals surface area contributed by atoms with Gasteiger partial charge in [-0.2, -0.15) is 0 Å². The molecule has 0 fully saturated rings. The third-order valence-electron chi connectivity index (χ3n) is 3.43. The first-order valence-electron chi connectivity index (χ1n) is 7.49. The Kier molecular flexibility index (Phi) is 6.39. The average Bonchev–Trinajstić information content (AvgIpc) is 2.67. The first-order valence-corrected chi connectivity index (χ1v) is 7.89. The van der Waals surface area contributed by atoms with E-state index in [1.807, 2.05) is 0 Å². The van der Waals surface area contributed by atoms with Gasteiger partial charge in [-0.05, 0) is 42.5 Å². The van der Waals surface area contributed by atoms with Gasteiger partial charge in [-0.3, -0.25) is 10.1 Å². The highest BCUT2D eigenvalue weighted by Crippen LogP contribution is 2.21. The summed E-state index contributed by atoms with van der Waals surface area (Å²) in [6.07, 6.45) is 0. The molecule has 2 N–H and O–H groups in total. The Labute approximate surface area is 159 Å². The molecule has 10 heteroatoms. The zero-order chi connectivity index (χ0) is 20.0. The van der Waals surface area contributed by atoms with Gasteiger partial charge in [0.25, 0.3) is 5.69 Å². The van der Waals surface area contributed by atoms with Crippen LogP contribution < -0.4 is 10.6 Å². The minimum Gasteiger partial charge on any atom is -0.465 e. The maximum atomic E-state index is 11.9. The largest absolute Gasteiger partial charge is 0.465 e. The fourth-order valence-electron chi connectivity index (χ4n) is 2.13. The Balaban J connectivity index is 2.22. The predicted octanol–water partition coefficient (Wildman–Crippen LogP) is 2.98. The van der Waals surface area contributed by atoms with E-state index in [9.17, 15) is 19.7 Å². The minimum absolute atomic E-state index is 0.0572. The molecule has 0 saturated heterocycles. The summed E-state index contributed by atoms with van der Waals surface area (Å²) in [4.78, 5) is 33.8. The number of nitrogens with zero attached hydrogens (tertiary/aromatic N) is 1. The van der Waals surface area contributed by atoms with Crippen molar-refractivity contribution in [3.8, 4) is 0 Å². The molecule has 0 aromatic heterocycles. The van der Waals surface area contributed by atoms with Crippen LogP contribution in [0, 0.1) is 10.1 Å². The summed E-state index contributed by atoms with van der Waals surface area (Å²) < 4.78 is 9.38. The van der Waals surface area contributed by atoms with Crippen molar-refractivity contribution in [2.45, 2.75) is 0 Å². The summed E-state index contributed by atoms with van der Waals surface area (Å²) in [5.74, 6) is -1.20. The number of thiocarbonyl (C=S) groups is 1. The number of carbonyl (C=O) groups excluding carboxylic acids is 2. The van der Waals surface area contributed by atoms with Gasteiger partial charge in [0.05, 0.1) is 36.0 Å². The topological polar surface area (TPSA) is 120 Å². The highest BCUT2D eigenvalue weighted by molar-refractivity contribution is 7.80. The molecule has 2 aromatic rings. The second-order valence-corrected chi connectivity index (χ2v) is 5.53. The number of anilines is 2. The van der Waals surface area contributed by atoms with E-state index < -0.39 is 16.9 Å². The molecule has 0 aliphatic rings. The molecule has 0 heterocycles. The fourth-order valence-corrected chi connectivity index (χ4v) is 2.36. The van der Waals surface area contributed by atoms with E-state index in [-0.39, 0.29) is 27.6 Å². The molecule has 0 aliphatic heterocycles. The van der Waals surface area contributed by atoms with Crippen LogP contribution >= 0.6 is 12.2 Å². The van der Waals surface area contributed by atoms with Crippen molar-refractivity contribution < 1.29 is 24.0 Å². The molecular formula is C17H15N3O6S. The second kappa shape index (κ2) is 8.72. The number of nitro benzene ring substituents is 1. The van der Waals surface area contributed by atoms with Crippen molar-refractivity contribution in [1.82, 2.24) is 0 Å². The highest BCUT2D eigenvalue weighted by Gasteiger charge is 2.16. The molecule has 2 rings (SSSR count). The van der Waals surface area contributed by atoms with E-state index in [2.05, 4.69) is 15.4 Å². The lowest BCUT2D eigenvalue weighted by atomic mass is 10.1. The zero-order valence-electron chi connectivity index (χ0n) is 14.3. The number of non-ortho nitro benzene ring substituents is 1. The fraction of sp³-hybridized carbons (Fsp3) is 0.118. The first-order chi connectivity index (χ1) is 12.8. The smallest absolute Gasteiger partial charge is 0.339 e. The Morgan fingerprint density at radius 3 is 2.19 bits per heavy atom. The Morgan fingerprint density at radius 1 is 1.00 bits per heavy atom. The summed E-state index contributed by atoms with van der Waals surface area (Å²) in [5.41, 5.74) is 1.06. The van der Waals surface area contributed by atoms with Crippen molar-refractivity contribution in [2.75, 3.05) is 24.9 Å². The second-order valence-electron chi connectivity index (χ2n) is 5.13. The SMILES string of the molecule is COC(=O)c1ccc(C(=O)OC)c(NC(=S)Nc2ccc([N+](=O)[O-])cc2)c1. The standard InChI is InChI=1S/C17H15N3O6S/c1-25-15(21)10-3-8-13(16(22)26-2)14(9-10)19-17(27)18-11-4-6-12(7-5-11)20(23)24/h3-9H,1-2H3,(H2,18,19,27). The maximum absolute atomic E-state index is 11.9. The van der Waals surface area contributed by atoms with Gasteiger partial charge < -0.3 is 20.1 Å². The Hall–Kier alpha value is -3.53. The molecule has 0 aliphatic carbocycles. The summed E-state index contributed by atoms with van der Waals surface area (Å²) in [7, 11) is 2.47. The number of nitro groups is 1. The van der Waals surface area contributed by atoms with Gasteiger partial charge in [-0.1, -0.05) is 0 Å². The quantitative estimate of drug-likeness (QED) is 0.344. The molecule has 140 valence electrons. The normalized spacial score (nSPS) is 9.85. The lowest BCUT2D eigenvalue weighted by molar-refractivity contribution is -0.384. The molecule has 0 saturated carbocycles. The van der Waals surface area contributed by atoms with Gasteiger partial charge in [-0.25, -0.2) is 9.59 Å². The summed E-state index contributed by atoms with van der Waals surface area (Å²) in [6.45, 7) is 0. The summed E-state index contributed by atoms with van der Waals surface area (Å²) in [6, 6.07) is 9.86. The first kappa shape index (κ1) is 19.8. The van der Waals surface area contributed by atoms with Crippen LogP contribution in [0.2, 0.25) is 0 Å². The minimum atomic E-state index is -0.618. The van der Waals surface area contributed by atoms with Crippen molar-refractivity contribution in [3.05, 3.63) is 63.7 Å². The van der Waals surface area contributed by atoms with Gasteiger partial charge in [0.2, 0.25) is 0 Å². The number of nitrogens with one attached hydrogen (secondary N) is 2. The number of ether oxygens (including phenoxy) is 2. The maximum Gasteiger partial charge on any atom is 0.339 e. The van der Waals surface area contributed by atoms with Crippen LogP contribution in [-0.2, 0) is 9.47 Å². The Bertz CT molecular complexity index is 898. The lowest BCUT2D eigenvalue weighted by Gasteiger charge is -2.14. The summed E-state index contributed by atoms with van der Waals surface area (Å²) >= 11 is 5.20. The molecule has 0 spiro atoms. The van der Waals surface area contributed by atoms with Gasteiger partial charge in [0, 0.05) is 17.8 Å². The zero-order valence-corrected chi connectivity index (χ0v) is 15.2. The molecule has 0 unspecified atom stereocenters. The monoisotopic (exact) mass is 389 g/mol. The molecule has 0 bridgehead atoms. The van der Waals surface area contributed by atoms with Gasteiger partial charge in [0.1, 0.15) is 0 Å².